The van der Waals surface area contributed by atoms with Crippen molar-refractivity contribution in [3.8, 4) is 0 Å². The monoisotopic (exact) mass is 217 g/mol. The van der Waals surface area contributed by atoms with Crippen LogP contribution in [0.1, 0.15) is 19.3 Å². The van der Waals surface area contributed by atoms with Crippen LogP contribution in [0.5, 0.6) is 0 Å². The Balaban J connectivity index is 2.43. The van der Waals surface area contributed by atoms with E-state index < -0.39 is 24.7 Å². The lowest BCUT2D eigenvalue weighted by Crippen LogP contribution is -2.54. The second-order valence-electron chi connectivity index (χ2n) is 3.87. The summed E-state index contributed by atoms with van der Waals surface area (Å²) in [5, 5.41) is 26.2. The first-order valence-corrected chi connectivity index (χ1v) is 4.97. The zero-order valence-electron chi connectivity index (χ0n) is 8.43. The second kappa shape index (κ2) is 4.93. The summed E-state index contributed by atoms with van der Waals surface area (Å²) in [7, 11) is -1.36. The number of hydrogen-bond acceptors (Lipinski definition) is 5. The second-order valence-corrected chi connectivity index (χ2v) is 3.87. The van der Waals surface area contributed by atoms with E-state index in [0.717, 1.165) is 0 Å². The number of carboxylic acid groups (broad SMARTS) is 1. The number of carboxylic acids is 1. The first-order chi connectivity index (χ1) is 6.97. The molecular weight excluding hydrogens is 201 g/mol. The molecule has 0 radical (unpaired) electrons. The van der Waals surface area contributed by atoms with Crippen LogP contribution in [-0.4, -0.2) is 46.5 Å². The van der Waals surface area contributed by atoms with Gasteiger partial charge in [0.25, 0.3) is 0 Å². The number of hydrogen-bond donors (Lipinski definition) is 4. The third kappa shape index (κ3) is 2.91. The predicted molar refractivity (Wildman–Crippen MR) is 53.1 cm³/mol. The van der Waals surface area contributed by atoms with Gasteiger partial charge < -0.3 is 25.6 Å². The highest BCUT2D eigenvalue weighted by Gasteiger charge is 2.46. The fourth-order valence-corrected chi connectivity index (χ4v) is 1.75. The molecule has 86 valence electrons. The lowest BCUT2D eigenvalue weighted by atomic mass is 9.81. The molecule has 0 spiro atoms. The van der Waals surface area contributed by atoms with Gasteiger partial charge >= 0.3 is 13.1 Å². The van der Waals surface area contributed by atoms with Crippen molar-refractivity contribution in [2.75, 3.05) is 6.61 Å². The summed E-state index contributed by atoms with van der Waals surface area (Å²) < 4.78 is 5.24. The SMILES string of the molecule is N[C@]1(C(=O)O)CCO[C@@H]1CCCB(O)O. The molecule has 0 aliphatic carbocycles. The van der Waals surface area contributed by atoms with Gasteiger partial charge in [0.05, 0.1) is 6.10 Å². The summed E-state index contributed by atoms with van der Waals surface area (Å²) in [6.07, 6.45) is 0.882. The predicted octanol–water partition coefficient (Wildman–Crippen LogP) is -1.19. The molecule has 1 aliphatic rings. The first kappa shape index (κ1) is 12.4. The maximum Gasteiger partial charge on any atom is 0.451 e. The van der Waals surface area contributed by atoms with Gasteiger partial charge in [0.15, 0.2) is 0 Å². The summed E-state index contributed by atoms with van der Waals surface area (Å²) in [4.78, 5) is 10.9. The minimum Gasteiger partial charge on any atom is -0.480 e. The van der Waals surface area contributed by atoms with Gasteiger partial charge in [0.1, 0.15) is 5.54 Å². The Kier molecular flexibility index (Phi) is 4.09. The molecule has 6 nitrogen and oxygen atoms in total. The largest absolute Gasteiger partial charge is 0.480 e. The Morgan fingerprint density at radius 1 is 1.60 bits per heavy atom. The van der Waals surface area contributed by atoms with E-state index >= 15 is 0 Å². The van der Waals surface area contributed by atoms with Crippen LogP contribution in [-0.2, 0) is 9.53 Å². The molecule has 0 unspecified atom stereocenters. The van der Waals surface area contributed by atoms with Crippen LogP contribution < -0.4 is 5.73 Å². The summed E-state index contributed by atoms with van der Waals surface area (Å²) in [5.74, 6) is -1.06. The van der Waals surface area contributed by atoms with E-state index in [4.69, 9.17) is 25.6 Å². The van der Waals surface area contributed by atoms with Crippen molar-refractivity contribution in [2.45, 2.75) is 37.2 Å². The fraction of sp³-hybridized carbons (Fsp3) is 0.875. The Morgan fingerprint density at radius 3 is 2.80 bits per heavy atom. The highest BCUT2D eigenvalue weighted by Crippen LogP contribution is 2.27. The van der Waals surface area contributed by atoms with Crippen molar-refractivity contribution in [3.63, 3.8) is 0 Å². The van der Waals surface area contributed by atoms with Crippen LogP contribution >= 0.6 is 0 Å². The van der Waals surface area contributed by atoms with Crippen LogP contribution in [0.3, 0.4) is 0 Å². The number of rotatable bonds is 5. The van der Waals surface area contributed by atoms with Gasteiger partial charge in [-0.3, -0.25) is 4.79 Å². The highest BCUT2D eigenvalue weighted by atomic mass is 16.5. The molecule has 2 atom stereocenters. The molecular formula is C8H16BNO5. The van der Waals surface area contributed by atoms with Gasteiger partial charge in [0, 0.05) is 13.0 Å². The zero-order chi connectivity index (χ0) is 11.5. The molecule has 1 aliphatic heterocycles. The number of carbonyl (C=O) groups is 1. The fourth-order valence-electron chi connectivity index (χ4n) is 1.75. The van der Waals surface area contributed by atoms with Crippen LogP contribution in [0.4, 0.5) is 0 Å². The van der Waals surface area contributed by atoms with Gasteiger partial charge in [-0.1, -0.05) is 6.42 Å². The average Bonchev–Trinajstić information content (AvgIpc) is 2.49. The standard InChI is InChI=1S/C8H16BNO5/c10-8(7(11)12)3-5-15-6(8)2-1-4-9(13)14/h6,13-14H,1-5,10H2,(H,11,12)/t6-,8-/m1/s1. The minimum absolute atomic E-state index is 0.204. The first-order valence-electron chi connectivity index (χ1n) is 4.97. The minimum atomic E-state index is -1.36. The smallest absolute Gasteiger partial charge is 0.451 e. The quantitative estimate of drug-likeness (QED) is 0.430. The molecule has 1 heterocycles. The Morgan fingerprint density at radius 2 is 2.27 bits per heavy atom. The summed E-state index contributed by atoms with van der Waals surface area (Å²) in [6.45, 7) is 0.342. The Labute approximate surface area is 88.2 Å². The van der Waals surface area contributed by atoms with Crippen LogP contribution in [0.25, 0.3) is 0 Å². The molecule has 1 rings (SSSR count). The van der Waals surface area contributed by atoms with Crippen molar-refractivity contribution < 1.29 is 24.7 Å². The molecule has 1 saturated heterocycles. The third-order valence-electron chi connectivity index (χ3n) is 2.74. The molecule has 0 aromatic heterocycles. The maximum absolute atomic E-state index is 10.9. The number of aliphatic carboxylic acids is 1. The van der Waals surface area contributed by atoms with Gasteiger partial charge in [0.2, 0.25) is 0 Å². The summed E-state index contributed by atoms with van der Waals surface area (Å²) in [5.41, 5.74) is 4.39. The van der Waals surface area contributed by atoms with E-state index in [0.29, 0.717) is 25.9 Å². The van der Waals surface area contributed by atoms with E-state index in [2.05, 4.69) is 0 Å². The Hall–Kier alpha value is -0.625. The molecule has 0 aromatic carbocycles. The van der Waals surface area contributed by atoms with Crippen LogP contribution in [0, 0.1) is 0 Å². The summed E-state index contributed by atoms with van der Waals surface area (Å²) in [6, 6.07) is 0. The van der Waals surface area contributed by atoms with E-state index in [1.54, 1.807) is 0 Å². The van der Waals surface area contributed by atoms with Gasteiger partial charge in [-0.2, -0.15) is 0 Å². The van der Waals surface area contributed by atoms with Gasteiger partial charge in [-0.05, 0) is 12.7 Å². The molecule has 0 bridgehead atoms. The van der Waals surface area contributed by atoms with Gasteiger partial charge in [-0.15, -0.1) is 0 Å². The molecule has 0 aromatic rings. The lowest BCUT2D eigenvalue weighted by Gasteiger charge is -2.24. The van der Waals surface area contributed by atoms with Crippen molar-refractivity contribution >= 4 is 13.1 Å². The van der Waals surface area contributed by atoms with Crippen molar-refractivity contribution in [1.82, 2.24) is 0 Å². The van der Waals surface area contributed by atoms with Gasteiger partial charge in [-0.25, -0.2) is 0 Å². The van der Waals surface area contributed by atoms with E-state index in [1.165, 1.54) is 0 Å². The molecule has 0 saturated carbocycles. The third-order valence-corrected chi connectivity index (χ3v) is 2.74. The van der Waals surface area contributed by atoms with Crippen LogP contribution in [0.2, 0.25) is 6.32 Å². The molecule has 5 N–H and O–H groups in total. The lowest BCUT2D eigenvalue weighted by molar-refractivity contribution is -0.145. The Bertz CT molecular complexity index is 237. The molecule has 15 heavy (non-hydrogen) atoms. The number of ether oxygens (including phenoxy) is 1. The van der Waals surface area contributed by atoms with Crippen molar-refractivity contribution in [3.05, 3.63) is 0 Å². The zero-order valence-corrected chi connectivity index (χ0v) is 8.43. The van der Waals surface area contributed by atoms with E-state index in [1.807, 2.05) is 0 Å². The molecule has 1 fully saturated rings. The maximum atomic E-state index is 10.9. The van der Waals surface area contributed by atoms with Crippen molar-refractivity contribution in [2.24, 2.45) is 5.73 Å². The average molecular weight is 217 g/mol. The van der Waals surface area contributed by atoms with E-state index in [-0.39, 0.29) is 6.32 Å². The molecule has 0 amide bonds. The van der Waals surface area contributed by atoms with Crippen molar-refractivity contribution in [1.29, 1.82) is 0 Å². The number of nitrogens with two attached hydrogens (primary N) is 1. The highest BCUT2D eigenvalue weighted by molar-refractivity contribution is 6.40. The normalized spacial score (nSPS) is 30.5. The summed E-state index contributed by atoms with van der Waals surface area (Å²) >= 11 is 0. The van der Waals surface area contributed by atoms with E-state index in [9.17, 15) is 4.79 Å². The van der Waals surface area contributed by atoms with Crippen LogP contribution in [0.15, 0.2) is 0 Å². The molecule has 7 heteroatoms. The topological polar surface area (TPSA) is 113 Å².